The summed E-state index contributed by atoms with van der Waals surface area (Å²) in [6.45, 7) is 0. The van der Waals surface area contributed by atoms with Crippen molar-refractivity contribution in [3.63, 3.8) is 0 Å². The molecule has 0 aliphatic carbocycles. The van der Waals surface area contributed by atoms with E-state index in [1.807, 2.05) is 30.3 Å². The van der Waals surface area contributed by atoms with Gasteiger partial charge < -0.3 is 19.2 Å². The Morgan fingerprint density at radius 2 is 1.71 bits per heavy atom. The van der Waals surface area contributed by atoms with Gasteiger partial charge in [0.05, 0.1) is 27.0 Å². The Hall–Kier alpha value is -3.32. The highest BCUT2D eigenvalue weighted by atomic mass is 32.1. The fraction of sp³-hybridized carbons (Fsp3) is 0.143. The smallest absolute Gasteiger partial charge is 0.212 e. The Bertz CT molecular complexity index is 1100. The number of fused-ring (bicyclic) bond motifs is 1. The molecule has 0 radical (unpaired) electrons. The molecule has 0 spiro atoms. The van der Waals surface area contributed by atoms with Gasteiger partial charge in [0.1, 0.15) is 10.7 Å². The van der Waals surface area contributed by atoms with E-state index in [2.05, 4.69) is 9.97 Å². The van der Waals surface area contributed by atoms with E-state index >= 15 is 0 Å². The van der Waals surface area contributed by atoms with Gasteiger partial charge in [-0.3, -0.25) is 4.79 Å². The van der Waals surface area contributed by atoms with Gasteiger partial charge in [0.2, 0.25) is 11.5 Å². The molecule has 0 saturated heterocycles. The van der Waals surface area contributed by atoms with Crippen LogP contribution in [0.15, 0.2) is 47.8 Å². The number of nitrogens with zero attached hydrogens (tertiary/aromatic N) is 1. The van der Waals surface area contributed by atoms with Crippen molar-refractivity contribution >= 4 is 28.0 Å². The van der Waals surface area contributed by atoms with E-state index in [0.29, 0.717) is 28.5 Å². The molecule has 0 bridgehead atoms. The van der Waals surface area contributed by atoms with Crippen LogP contribution in [-0.2, 0) is 0 Å². The predicted octanol–water partition coefficient (Wildman–Crippen LogP) is 4.55. The van der Waals surface area contributed by atoms with Crippen LogP contribution in [0.1, 0.15) is 16.1 Å². The molecule has 0 atom stereocenters. The maximum Gasteiger partial charge on any atom is 0.212 e. The molecule has 28 heavy (non-hydrogen) atoms. The van der Waals surface area contributed by atoms with E-state index in [1.54, 1.807) is 17.5 Å². The molecule has 2 aromatic carbocycles. The first-order valence-electron chi connectivity index (χ1n) is 8.53. The molecule has 0 fully saturated rings. The Morgan fingerprint density at radius 1 is 1.00 bits per heavy atom. The Balaban J connectivity index is 1.69. The number of nitrogens with one attached hydrogen (secondary N) is 1. The number of carbonyl (C=O) groups excluding carboxylic acids is 1. The topological polar surface area (TPSA) is 73.4 Å². The molecular formula is C21H18N2O4S. The summed E-state index contributed by atoms with van der Waals surface area (Å²) in [6, 6.07) is 13.3. The molecule has 1 N–H and O–H groups in total. The molecule has 0 amide bonds. The van der Waals surface area contributed by atoms with Crippen LogP contribution in [0.4, 0.5) is 0 Å². The fourth-order valence-corrected chi connectivity index (χ4v) is 3.82. The number of aromatic amines is 1. The lowest BCUT2D eigenvalue weighted by molar-refractivity contribution is 0.103. The molecule has 0 aliphatic rings. The van der Waals surface area contributed by atoms with Gasteiger partial charge in [-0.05, 0) is 24.3 Å². The van der Waals surface area contributed by atoms with Gasteiger partial charge in [0.25, 0.3) is 0 Å². The zero-order valence-electron chi connectivity index (χ0n) is 15.6. The summed E-state index contributed by atoms with van der Waals surface area (Å²) >= 11 is 1.42. The van der Waals surface area contributed by atoms with Crippen LogP contribution < -0.4 is 14.2 Å². The number of para-hydroxylation sites is 1. The second-order valence-electron chi connectivity index (χ2n) is 6.05. The summed E-state index contributed by atoms with van der Waals surface area (Å²) in [7, 11) is 4.56. The van der Waals surface area contributed by atoms with Gasteiger partial charge in [0.15, 0.2) is 11.5 Å². The number of H-pyrrole nitrogens is 1. The molecule has 4 rings (SSSR count). The quantitative estimate of drug-likeness (QED) is 0.486. The summed E-state index contributed by atoms with van der Waals surface area (Å²) in [6.07, 6.45) is 0. The summed E-state index contributed by atoms with van der Waals surface area (Å²) < 4.78 is 16.0. The van der Waals surface area contributed by atoms with Crippen molar-refractivity contribution in [2.75, 3.05) is 21.3 Å². The highest BCUT2D eigenvalue weighted by Crippen LogP contribution is 2.39. The maximum atomic E-state index is 13.0. The summed E-state index contributed by atoms with van der Waals surface area (Å²) in [5.74, 6) is 1.09. The molecule has 2 aromatic heterocycles. The van der Waals surface area contributed by atoms with E-state index in [4.69, 9.17) is 14.2 Å². The summed E-state index contributed by atoms with van der Waals surface area (Å²) in [5.41, 5.74) is 2.70. The van der Waals surface area contributed by atoms with Gasteiger partial charge in [-0.15, -0.1) is 11.3 Å². The van der Waals surface area contributed by atoms with Crippen molar-refractivity contribution in [2.45, 2.75) is 0 Å². The van der Waals surface area contributed by atoms with Crippen LogP contribution >= 0.6 is 11.3 Å². The van der Waals surface area contributed by atoms with Gasteiger partial charge in [0, 0.05) is 21.8 Å². The van der Waals surface area contributed by atoms with E-state index in [9.17, 15) is 4.79 Å². The Morgan fingerprint density at radius 3 is 2.36 bits per heavy atom. The second kappa shape index (κ2) is 7.36. The molecule has 0 saturated carbocycles. The summed E-state index contributed by atoms with van der Waals surface area (Å²) in [4.78, 5) is 20.8. The zero-order valence-corrected chi connectivity index (χ0v) is 16.4. The molecule has 0 unspecified atom stereocenters. The monoisotopic (exact) mass is 394 g/mol. The lowest BCUT2D eigenvalue weighted by Gasteiger charge is -2.13. The number of hydrogen-bond acceptors (Lipinski definition) is 6. The van der Waals surface area contributed by atoms with Gasteiger partial charge in [-0.25, -0.2) is 4.98 Å². The number of rotatable bonds is 6. The predicted molar refractivity (Wildman–Crippen MR) is 109 cm³/mol. The van der Waals surface area contributed by atoms with E-state index in [1.165, 1.54) is 32.7 Å². The highest BCUT2D eigenvalue weighted by molar-refractivity contribution is 7.13. The lowest BCUT2D eigenvalue weighted by atomic mass is 10.1. The van der Waals surface area contributed by atoms with Crippen LogP contribution in [0.3, 0.4) is 0 Å². The lowest BCUT2D eigenvalue weighted by Crippen LogP contribution is -2.04. The van der Waals surface area contributed by atoms with Crippen molar-refractivity contribution < 1.29 is 19.0 Å². The second-order valence-corrected chi connectivity index (χ2v) is 6.91. The van der Waals surface area contributed by atoms with Crippen molar-refractivity contribution in [3.8, 4) is 28.0 Å². The Labute approximate surface area is 165 Å². The number of carbonyl (C=O) groups is 1. The third-order valence-corrected chi connectivity index (χ3v) is 5.30. The minimum Gasteiger partial charge on any atom is -0.493 e. The van der Waals surface area contributed by atoms with E-state index in [-0.39, 0.29) is 5.78 Å². The Kier molecular flexibility index (Phi) is 4.75. The number of thiazole rings is 1. The van der Waals surface area contributed by atoms with E-state index in [0.717, 1.165) is 21.6 Å². The molecule has 0 aliphatic heterocycles. The number of methoxy groups -OCH3 is 3. The van der Waals surface area contributed by atoms with E-state index < -0.39 is 0 Å². The first kappa shape index (κ1) is 18.1. The van der Waals surface area contributed by atoms with Crippen LogP contribution in [0, 0.1) is 0 Å². The first-order valence-corrected chi connectivity index (χ1v) is 9.41. The molecule has 4 aromatic rings. The largest absolute Gasteiger partial charge is 0.493 e. The third-order valence-electron chi connectivity index (χ3n) is 4.42. The van der Waals surface area contributed by atoms with Crippen molar-refractivity contribution in [3.05, 3.63) is 59.1 Å². The van der Waals surface area contributed by atoms with Gasteiger partial charge in [-0.2, -0.15) is 0 Å². The molecule has 7 heteroatoms. The fourth-order valence-electron chi connectivity index (χ4n) is 3.05. The minimum atomic E-state index is -0.210. The number of benzene rings is 2. The number of ketones is 1. The number of ether oxygens (including phenoxy) is 3. The zero-order chi connectivity index (χ0) is 19.7. The summed E-state index contributed by atoms with van der Waals surface area (Å²) in [5, 5.41) is 3.61. The standard InChI is InChI=1S/C21H18N2O4S/c1-25-17-9-13(10-18(26-2)20(17)27-3)19(24)16-11-28-21(23-16)15-8-12-6-4-5-7-14(12)22-15/h4-11,22H,1-3H3. The van der Waals surface area contributed by atoms with Gasteiger partial charge >= 0.3 is 0 Å². The number of hydrogen-bond donors (Lipinski definition) is 1. The van der Waals surface area contributed by atoms with Crippen LogP contribution in [0.2, 0.25) is 0 Å². The number of aromatic nitrogens is 2. The normalized spacial score (nSPS) is 10.8. The maximum absolute atomic E-state index is 13.0. The SMILES string of the molecule is COc1cc(C(=O)c2csc(-c3cc4ccccc4[nH]3)n2)cc(OC)c1OC. The van der Waals surface area contributed by atoms with Crippen LogP contribution in [0.25, 0.3) is 21.6 Å². The van der Waals surface area contributed by atoms with Crippen molar-refractivity contribution in [2.24, 2.45) is 0 Å². The average Bonchev–Trinajstić information content (AvgIpc) is 3.38. The highest BCUT2D eigenvalue weighted by Gasteiger charge is 2.20. The minimum absolute atomic E-state index is 0.210. The van der Waals surface area contributed by atoms with Crippen LogP contribution in [0.5, 0.6) is 17.2 Å². The van der Waals surface area contributed by atoms with Crippen LogP contribution in [-0.4, -0.2) is 37.1 Å². The molecule has 6 nitrogen and oxygen atoms in total. The van der Waals surface area contributed by atoms with Crippen molar-refractivity contribution in [1.29, 1.82) is 0 Å². The van der Waals surface area contributed by atoms with Crippen molar-refractivity contribution in [1.82, 2.24) is 9.97 Å². The average molecular weight is 394 g/mol. The molecule has 2 heterocycles. The molecular weight excluding hydrogens is 376 g/mol. The van der Waals surface area contributed by atoms with Gasteiger partial charge in [-0.1, -0.05) is 18.2 Å². The third kappa shape index (κ3) is 3.10. The molecule has 142 valence electrons. The first-order chi connectivity index (χ1) is 13.6.